The number of ether oxygens (including phenoxy) is 3. The molecule has 24 heavy (non-hydrogen) atoms. The fourth-order valence-electron chi connectivity index (χ4n) is 3.44. The van der Waals surface area contributed by atoms with Gasteiger partial charge in [0.1, 0.15) is 5.60 Å². The second-order valence-corrected chi connectivity index (χ2v) is 8.05. The van der Waals surface area contributed by atoms with Crippen LogP contribution in [0.1, 0.15) is 53.9 Å². The lowest BCUT2D eigenvalue weighted by atomic mass is 10.0. The van der Waals surface area contributed by atoms with Crippen molar-refractivity contribution in [3.8, 4) is 0 Å². The van der Waals surface area contributed by atoms with Crippen LogP contribution in [-0.4, -0.2) is 67.2 Å². The van der Waals surface area contributed by atoms with Gasteiger partial charge in [0.15, 0.2) is 0 Å². The largest absolute Gasteiger partial charge is 0.444 e. The summed E-state index contributed by atoms with van der Waals surface area (Å²) in [4.78, 5) is 14.3. The van der Waals surface area contributed by atoms with Crippen molar-refractivity contribution in [2.45, 2.75) is 83.7 Å². The molecule has 140 valence electrons. The molecule has 2 rings (SSSR count). The second-order valence-electron chi connectivity index (χ2n) is 8.05. The quantitative estimate of drug-likeness (QED) is 0.832. The zero-order chi connectivity index (χ0) is 17.7. The second kappa shape index (κ2) is 8.50. The van der Waals surface area contributed by atoms with Crippen molar-refractivity contribution < 1.29 is 19.0 Å². The van der Waals surface area contributed by atoms with Gasteiger partial charge in [0.05, 0.1) is 25.4 Å². The Morgan fingerprint density at radius 1 is 1.33 bits per heavy atom. The van der Waals surface area contributed by atoms with Crippen molar-refractivity contribution in [1.82, 2.24) is 10.2 Å². The number of carbonyl (C=O) groups is 1. The summed E-state index contributed by atoms with van der Waals surface area (Å²) in [5.74, 6) is 0. The van der Waals surface area contributed by atoms with Crippen molar-refractivity contribution >= 4 is 6.09 Å². The number of hydrogen-bond donors (Lipinski definition) is 1. The number of hydrogen-bond acceptors (Lipinski definition) is 5. The summed E-state index contributed by atoms with van der Waals surface area (Å²) in [5.41, 5.74) is -0.474. The third-order valence-electron chi connectivity index (χ3n) is 4.55. The van der Waals surface area contributed by atoms with E-state index in [-0.39, 0.29) is 18.2 Å². The van der Waals surface area contributed by atoms with E-state index in [0.29, 0.717) is 31.9 Å². The van der Waals surface area contributed by atoms with Crippen molar-refractivity contribution in [3.05, 3.63) is 0 Å². The monoisotopic (exact) mass is 342 g/mol. The first kappa shape index (κ1) is 19.5. The van der Waals surface area contributed by atoms with E-state index in [2.05, 4.69) is 19.2 Å². The smallest absolute Gasteiger partial charge is 0.410 e. The third kappa shape index (κ3) is 5.90. The first-order chi connectivity index (χ1) is 11.3. The number of nitrogens with one attached hydrogen (secondary N) is 1. The van der Waals surface area contributed by atoms with E-state index in [9.17, 15) is 4.79 Å². The first-order valence-corrected chi connectivity index (χ1v) is 9.21. The topological polar surface area (TPSA) is 60.0 Å². The summed E-state index contributed by atoms with van der Waals surface area (Å²) in [7, 11) is 0. The Kier molecular flexibility index (Phi) is 6.89. The fraction of sp³-hybridized carbons (Fsp3) is 0.944. The molecule has 2 fully saturated rings. The van der Waals surface area contributed by atoms with Gasteiger partial charge in [-0.25, -0.2) is 4.79 Å². The highest BCUT2D eigenvalue weighted by molar-refractivity contribution is 5.68. The van der Waals surface area contributed by atoms with Crippen LogP contribution in [0.25, 0.3) is 0 Å². The molecule has 0 bridgehead atoms. The molecule has 2 aliphatic heterocycles. The average molecular weight is 342 g/mol. The van der Waals surface area contributed by atoms with Crippen LogP contribution in [0, 0.1) is 0 Å². The van der Waals surface area contributed by atoms with E-state index in [1.807, 2.05) is 25.7 Å². The van der Waals surface area contributed by atoms with Gasteiger partial charge >= 0.3 is 6.09 Å². The lowest BCUT2D eigenvalue weighted by Gasteiger charge is -2.38. The zero-order valence-corrected chi connectivity index (χ0v) is 15.8. The van der Waals surface area contributed by atoms with Crippen LogP contribution in [0.2, 0.25) is 0 Å². The van der Waals surface area contributed by atoms with Gasteiger partial charge in [-0.05, 0) is 53.9 Å². The first-order valence-electron chi connectivity index (χ1n) is 9.21. The van der Waals surface area contributed by atoms with Crippen LogP contribution in [-0.2, 0) is 14.2 Å². The molecule has 6 nitrogen and oxygen atoms in total. The average Bonchev–Trinajstić information content (AvgIpc) is 3.00. The summed E-state index contributed by atoms with van der Waals surface area (Å²) in [5, 5.41) is 3.62. The molecular formula is C18H34N2O4. The van der Waals surface area contributed by atoms with Gasteiger partial charge in [0, 0.05) is 25.2 Å². The van der Waals surface area contributed by atoms with E-state index >= 15 is 0 Å². The zero-order valence-electron chi connectivity index (χ0n) is 15.8. The highest BCUT2D eigenvalue weighted by atomic mass is 16.6. The fourth-order valence-corrected chi connectivity index (χ4v) is 3.44. The van der Waals surface area contributed by atoms with E-state index in [4.69, 9.17) is 14.2 Å². The molecule has 0 aromatic heterocycles. The molecule has 1 N–H and O–H groups in total. The number of nitrogens with zero attached hydrogens (tertiary/aromatic N) is 1. The predicted octanol–water partition coefficient (Wildman–Crippen LogP) is 2.56. The molecule has 2 aliphatic rings. The van der Waals surface area contributed by atoms with Gasteiger partial charge in [0.2, 0.25) is 0 Å². The van der Waals surface area contributed by atoms with Crippen LogP contribution in [0.15, 0.2) is 0 Å². The molecule has 2 saturated heterocycles. The molecule has 0 radical (unpaired) electrons. The van der Waals surface area contributed by atoms with E-state index in [0.717, 1.165) is 25.9 Å². The Bertz CT molecular complexity index is 404. The Morgan fingerprint density at radius 3 is 2.71 bits per heavy atom. The Balaban J connectivity index is 1.86. The Labute approximate surface area is 146 Å². The molecular weight excluding hydrogens is 308 g/mol. The predicted molar refractivity (Wildman–Crippen MR) is 93.2 cm³/mol. The number of amides is 1. The molecule has 1 amide bonds. The Morgan fingerprint density at radius 2 is 2.08 bits per heavy atom. The normalized spacial score (nSPS) is 27.8. The summed E-state index contributed by atoms with van der Waals surface area (Å²) in [6.07, 6.45) is 3.18. The maximum Gasteiger partial charge on any atom is 0.410 e. The molecule has 0 aromatic carbocycles. The molecule has 6 heteroatoms. The van der Waals surface area contributed by atoms with Crippen LogP contribution < -0.4 is 5.32 Å². The summed E-state index contributed by atoms with van der Waals surface area (Å²) >= 11 is 0. The maximum atomic E-state index is 12.4. The van der Waals surface area contributed by atoms with Crippen LogP contribution in [0.4, 0.5) is 4.79 Å². The van der Waals surface area contributed by atoms with Gasteiger partial charge in [-0.3, -0.25) is 0 Å². The number of carbonyl (C=O) groups excluding carboxylic acids is 1. The maximum absolute atomic E-state index is 12.4. The minimum Gasteiger partial charge on any atom is -0.444 e. The minimum atomic E-state index is -0.474. The van der Waals surface area contributed by atoms with E-state index < -0.39 is 5.60 Å². The molecule has 4 atom stereocenters. The number of rotatable bonds is 5. The highest BCUT2D eigenvalue weighted by Crippen LogP contribution is 2.19. The summed E-state index contributed by atoms with van der Waals surface area (Å²) < 4.78 is 16.9. The summed E-state index contributed by atoms with van der Waals surface area (Å²) in [6, 6.07) is 0.649. The standard InChI is InChI=1S/C18H34N2O4/c1-13(19-14(2)16-7-6-9-23-16)11-15-12-22-10-8-20(15)17(21)24-18(3,4)5/h13-16,19H,6-12H2,1-5H3/t13-,14-,15-,16-/m1/s1. The highest BCUT2D eigenvalue weighted by Gasteiger charge is 2.32. The van der Waals surface area contributed by atoms with Gasteiger partial charge < -0.3 is 24.4 Å². The SMILES string of the molecule is C[C@H](C[C@@H]1COCCN1C(=O)OC(C)(C)C)N[C@H](C)[C@H]1CCCO1. The number of morpholine rings is 1. The molecule has 2 heterocycles. The van der Waals surface area contributed by atoms with Crippen LogP contribution in [0.5, 0.6) is 0 Å². The minimum absolute atomic E-state index is 0.0489. The van der Waals surface area contributed by atoms with E-state index in [1.165, 1.54) is 0 Å². The molecule has 0 saturated carbocycles. The molecule has 0 unspecified atom stereocenters. The van der Waals surface area contributed by atoms with Gasteiger partial charge in [-0.15, -0.1) is 0 Å². The molecule has 0 aliphatic carbocycles. The van der Waals surface area contributed by atoms with Crippen molar-refractivity contribution in [1.29, 1.82) is 0 Å². The van der Waals surface area contributed by atoms with Gasteiger partial charge in [0.25, 0.3) is 0 Å². The summed E-state index contributed by atoms with van der Waals surface area (Å²) in [6.45, 7) is 12.6. The lowest BCUT2D eigenvalue weighted by molar-refractivity contribution is -0.0361. The Hall–Kier alpha value is -0.850. The van der Waals surface area contributed by atoms with Crippen molar-refractivity contribution in [2.75, 3.05) is 26.4 Å². The van der Waals surface area contributed by atoms with Crippen molar-refractivity contribution in [2.24, 2.45) is 0 Å². The molecule has 0 spiro atoms. The van der Waals surface area contributed by atoms with Gasteiger partial charge in [-0.2, -0.15) is 0 Å². The van der Waals surface area contributed by atoms with Crippen LogP contribution >= 0.6 is 0 Å². The van der Waals surface area contributed by atoms with Crippen LogP contribution in [0.3, 0.4) is 0 Å². The van der Waals surface area contributed by atoms with E-state index in [1.54, 1.807) is 0 Å². The van der Waals surface area contributed by atoms with Gasteiger partial charge in [-0.1, -0.05) is 0 Å². The third-order valence-corrected chi connectivity index (χ3v) is 4.55. The molecule has 0 aromatic rings. The van der Waals surface area contributed by atoms with Crippen molar-refractivity contribution in [3.63, 3.8) is 0 Å². The lowest BCUT2D eigenvalue weighted by Crippen LogP contribution is -2.53.